The zero-order chi connectivity index (χ0) is 22.0. The zero-order valence-corrected chi connectivity index (χ0v) is 20.4. The van der Waals surface area contributed by atoms with Gasteiger partial charge in [0.15, 0.2) is 0 Å². The van der Waals surface area contributed by atoms with Gasteiger partial charge in [-0.05, 0) is 67.5 Å². The smallest absolute Gasteiger partial charge is 0.138 e. The Kier molecular flexibility index (Phi) is 7.00. The minimum atomic E-state index is 0.0963. The molecule has 0 atom stereocenters. The first-order valence-corrected chi connectivity index (χ1v) is 12.4. The van der Waals surface area contributed by atoms with E-state index in [0.717, 1.165) is 41.6 Å². The molecule has 1 aromatic heterocycles. The van der Waals surface area contributed by atoms with Crippen LogP contribution in [0.2, 0.25) is 5.02 Å². The van der Waals surface area contributed by atoms with Gasteiger partial charge < -0.3 is 9.64 Å². The molecule has 0 unspecified atom stereocenters. The van der Waals surface area contributed by atoms with Crippen LogP contribution in [0.4, 0.5) is 0 Å². The van der Waals surface area contributed by atoms with Crippen molar-refractivity contribution in [3.05, 3.63) is 58.7 Å². The van der Waals surface area contributed by atoms with Gasteiger partial charge in [-0.15, -0.1) is 11.3 Å². The maximum Gasteiger partial charge on any atom is 0.138 e. The minimum Gasteiger partial charge on any atom is -0.489 e. The second-order valence-corrected chi connectivity index (χ2v) is 10.2. The predicted molar refractivity (Wildman–Crippen MR) is 132 cm³/mol. The summed E-state index contributed by atoms with van der Waals surface area (Å²) in [5, 5.41) is 1.61. The Labute approximate surface area is 195 Å². The first-order valence-electron chi connectivity index (χ1n) is 11.2. The lowest BCUT2D eigenvalue weighted by molar-refractivity contribution is 0.115. The molecule has 0 spiro atoms. The maximum absolute atomic E-state index is 6.45. The van der Waals surface area contributed by atoms with Crippen LogP contribution in [-0.4, -0.2) is 35.6 Å². The van der Waals surface area contributed by atoms with Crippen molar-refractivity contribution in [3.8, 4) is 26.8 Å². The largest absolute Gasteiger partial charge is 0.489 e. The molecule has 3 nitrogen and oxygen atoms in total. The van der Waals surface area contributed by atoms with Crippen LogP contribution in [0.25, 0.3) is 21.0 Å². The molecule has 0 N–H and O–H groups in total. The summed E-state index contributed by atoms with van der Waals surface area (Å²) in [6.07, 6.45) is 4.24. The minimum absolute atomic E-state index is 0.0963. The van der Waals surface area contributed by atoms with Gasteiger partial charge in [0, 0.05) is 31.4 Å². The molecular weight excluding hydrogens is 424 g/mol. The van der Waals surface area contributed by atoms with E-state index in [4.69, 9.17) is 21.3 Å². The van der Waals surface area contributed by atoms with Crippen LogP contribution in [0, 0.1) is 5.92 Å². The Bertz CT molecular complexity index is 1040. The van der Waals surface area contributed by atoms with Gasteiger partial charge in [-0.25, -0.2) is 4.98 Å². The Hall–Kier alpha value is -1.88. The lowest BCUT2D eigenvalue weighted by atomic mass is 9.95. The Morgan fingerprint density at radius 3 is 2.71 bits per heavy atom. The third-order valence-corrected chi connectivity index (χ3v) is 7.15. The quantitative estimate of drug-likeness (QED) is 0.367. The number of thiazole rings is 1. The SMILES string of the molecule is CCc1c(CCN2CC(C)C2)cccc1-c1cnc(-c2ccc(OC(C)C)c(Cl)c2)s1. The molecule has 0 saturated carbocycles. The van der Waals surface area contributed by atoms with E-state index >= 15 is 0 Å². The lowest BCUT2D eigenvalue weighted by Crippen LogP contribution is -2.45. The van der Waals surface area contributed by atoms with Crippen molar-refractivity contribution in [2.45, 2.75) is 46.6 Å². The molecule has 5 heteroatoms. The maximum atomic E-state index is 6.45. The molecule has 1 aliphatic rings. The summed E-state index contributed by atoms with van der Waals surface area (Å²) in [6, 6.07) is 12.6. The summed E-state index contributed by atoms with van der Waals surface area (Å²) in [7, 11) is 0. The monoisotopic (exact) mass is 454 g/mol. The fraction of sp³-hybridized carbons (Fsp3) is 0.423. The average molecular weight is 455 g/mol. The van der Waals surface area contributed by atoms with Gasteiger partial charge in [0.05, 0.1) is 16.0 Å². The number of hydrogen-bond acceptors (Lipinski definition) is 4. The molecule has 0 bridgehead atoms. The summed E-state index contributed by atoms with van der Waals surface area (Å²) < 4.78 is 5.76. The fourth-order valence-electron chi connectivity index (χ4n) is 4.32. The van der Waals surface area contributed by atoms with Gasteiger partial charge in [-0.2, -0.15) is 0 Å². The highest BCUT2D eigenvalue weighted by atomic mass is 35.5. The van der Waals surface area contributed by atoms with E-state index in [2.05, 4.69) is 36.9 Å². The normalized spacial score (nSPS) is 14.8. The number of ether oxygens (including phenoxy) is 1. The van der Waals surface area contributed by atoms with Gasteiger partial charge in [0.25, 0.3) is 0 Å². The second kappa shape index (κ2) is 9.72. The molecule has 1 aliphatic heterocycles. The van der Waals surface area contributed by atoms with Crippen LogP contribution in [0.1, 0.15) is 38.8 Å². The molecule has 2 aromatic carbocycles. The molecule has 0 radical (unpaired) electrons. The molecule has 0 amide bonds. The zero-order valence-electron chi connectivity index (χ0n) is 18.8. The molecule has 31 heavy (non-hydrogen) atoms. The van der Waals surface area contributed by atoms with Crippen LogP contribution in [0.5, 0.6) is 5.75 Å². The Balaban J connectivity index is 1.56. The van der Waals surface area contributed by atoms with Crippen LogP contribution in [0.15, 0.2) is 42.6 Å². The number of halogens is 1. The molecule has 1 fully saturated rings. The van der Waals surface area contributed by atoms with Gasteiger partial charge in [0.2, 0.25) is 0 Å². The highest BCUT2D eigenvalue weighted by Crippen LogP contribution is 2.37. The molecule has 3 aromatic rings. The fourth-order valence-corrected chi connectivity index (χ4v) is 5.51. The average Bonchev–Trinajstić information content (AvgIpc) is 3.21. The molecule has 164 valence electrons. The van der Waals surface area contributed by atoms with Gasteiger partial charge >= 0.3 is 0 Å². The first kappa shape index (κ1) is 22.3. The van der Waals surface area contributed by atoms with Crippen molar-refractivity contribution >= 4 is 22.9 Å². The lowest BCUT2D eigenvalue weighted by Gasteiger charge is -2.37. The standard InChI is InChI=1S/C26H31ClN2OS/c1-5-21-19(11-12-29-15-18(4)16-29)7-6-8-22(21)25-14-28-26(31-25)20-9-10-24(23(27)13-20)30-17(2)3/h6-10,13-14,17-18H,5,11-12,15-16H2,1-4H3. The van der Waals surface area contributed by atoms with Crippen molar-refractivity contribution in [3.63, 3.8) is 0 Å². The highest BCUT2D eigenvalue weighted by molar-refractivity contribution is 7.18. The number of hydrogen-bond donors (Lipinski definition) is 0. The summed E-state index contributed by atoms with van der Waals surface area (Å²) >= 11 is 8.17. The van der Waals surface area contributed by atoms with Crippen molar-refractivity contribution in [1.82, 2.24) is 9.88 Å². The number of benzene rings is 2. The summed E-state index contributed by atoms with van der Waals surface area (Å²) in [6.45, 7) is 12.2. The van der Waals surface area contributed by atoms with Crippen LogP contribution in [0.3, 0.4) is 0 Å². The summed E-state index contributed by atoms with van der Waals surface area (Å²) in [5.74, 6) is 1.57. The number of aromatic nitrogens is 1. The van der Waals surface area contributed by atoms with Gasteiger partial charge in [0.1, 0.15) is 10.8 Å². The third-order valence-electron chi connectivity index (χ3n) is 5.78. The van der Waals surface area contributed by atoms with E-state index in [1.165, 1.54) is 34.7 Å². The second-order valence-electron chi connectivity index (χ2n) is 8.75. The Morgan fingerprint density at radius 1 is 1.23 bits per heavy atom. The molecule has 2 heterocycles. The van der Waals surface area contributed by atoms with Gasteiger partial charge in [-0.3, -0.25) is 0 Å². The van der Waals surface area contributed by atoms with E-state index in [1.807, 2.05) is 38.2 Å². The van der Waals surface area contributed by atoms with Gasteiger partial charge in [-0.1, -0.05) is 43.6 Å². The van der Waals surface area contributed by atoms with Crippen LogP contribution in [-0.2, 0) is 12.8 Å². The summed E-state index contributed by atoms with van der Waals surface area (Å²) in [4.78, 5) is 8.48. The van der Waals surface area contributed by atoms with Crippen molar-refractivity contribution in [2.75, 3.05) is 19.6 Å². The third kappa shape index (κ3) is 5.14. The van der Waals surface area contributed by atoms with Crippen molar-refractivity contribution in [2.24, 2.45) is 5.92 Å². The molecule has 4 rings (SSSR count). The first-order chi connectivity index (χ1) is 14.9. The van der Waals surface area contributed by atoms with Crippen LogP contribution >= 0.6 is 22.9 Å². The highest BCUT2D eigenvalue weighted by Gasteiger charge is 2.22. The van der Waals surface area contributed by atoms with Crippen LogP contribution < -0.4 is 4.74 Å². The van der Waals surface area contributed by atoms with Crippen molar-refractivity contribution in [1.29, 1.82) is 0 Å². The topological polar surface area (TPSA) is 25.4 Å². The number of nitrogens with zero attached hydrogens (tertiary/aromatic N) is 2. The molecule has 1 saturated heterocycles. The van der Waals surface area contributed by atoms with E-state index in [-0.39, 0.29) is 6.10 Å². The van der Waals surface area contributed by atoms with Crippen molar-refractivity contribution < 1.29 is 4.74 Å². The molecular formula is C26H31ClN2OS. The van der Waals surface area contributed by atoms with E-state index in [1.54, 1.807) is 11.3 Å². The number of rotatable bonds is 8. The molecule has 0 aliphatic carbocycles. The summed E-state index contributed by atoms with van der Waals surface area (Å²) in [5.41, 5.74) is 5.25. The predicted octanol–water partition coefficient (Wildman–Crippen LogP) is 6.97. The van der Waals surface area contributed by atoms with E-state index in [9.17, 15) is 0 Å². The number of likely N-dealkylation sites (tertiary alicyclic amines) is 1. The van der Waals surface area contributed by atoms with E-state index in [0.29, 0.717) is 5.02 Å². The Morgan fingerprint density at radius 2 is 2.03 bits per heavy atom. The van der Waals surface area contributed by atoms with E-state index < -0.39 is 0 Å².